The maximum atomic E-state index is 12.1. The Bertz CT molecular complexity index is 1100. The van der Waals surface area contributed by atoms with Gasteiger partial charge in [0.25, 0.3) is 0 Å². The Morgan fingerprint density at radius 2 is 1.75 bits per heavy atom. The smallest absolute Gasteiger partial charge is 0.345 e. The topological polar surface area (TPSA) is 103 Å². The first-order valence-corrected chi connectivity index (χ1v) is 8.61. The molecule has 0 saturated carbocycles. The lowest BCUT2D eigenvalue weighted by molar-refractivity contribution is 0.559. The molecule has 0 bridgehead atoms. The van der Waals surface area contributed by atoms with E-state index in [1.54, 1.807) is 25.1 Å². The quantitative estimate of drug-likeness (QED) is 0.583. The van der Waals surface area contributed by atoms with Gasteiger partial charge in [0.15, 0.2) is 0 Å². The maximum Gasteiger partial charge on any atom is 0.345 e. The van der Waals surface area contributed by atoms with Crippen LogP contribution in [0.2, 0.25) is 0 Å². The first-order chi connectivity index (χ1) is 11.3. The number of para-hydroxylation sites is 1. The van der Waals surface area contributed by atoms with Crippen LogP contribution in [0.3, 0.4) is 0 Å². The van der Waals surface area contributed by atoms with Gasteiger partial charge < -0.3 is 4.42 Å². The van der Waals surface area contributed by atoms with Gasteiger partial charge in [-0.2, -0.15) is 0 Å². The zero-order valence-corrected chi connectivity index (χ0v) is 13.6. The van der Waals surface area contributed by atoms with Crippen molar-refractivity contribution in [3.05, 3.63) is 70.6 Å². The molecule has 122 valence electrons. The van der Waals surface area contributed by atoms with Gasteiger partial charge in [-0.1, -0.05) is 18.2 Å². The summed E-state index contributed by atoms with van der Waals surface area (Å²) >= 11 is 0. The Morgan fingerprint density at radius 3 is 2.42 bits per heavy atom. The van der Waals surface area contributed by atoms with Crippen molar-refractivity contribution in [3.8, 4) is 0 Å². The summed E-state index contributed by atoms with van der Waals surface area (Å²) in [6.07, 6.45) is 0. The predicted molar refractivity (Wildman–Crippen MR) is 92.2 cm³/mol. The molecule has 0 fully saturated rings. The van der Waals surface area contributed by atoms with Crippen LogP contribution in [0.4, 0.5) is 5.69 Å². The van der Waals surface area contributed by atoms with Gasteiger partial charge >= 0.3 is 5.63 Å². The SMILES string of the molecule is CC(=Nc1ccc(S(N)(=O)=O)cc1)c1cc2ccccc2oc1=O. The van der Waals surface area contributed by atoms with E-state index < -0.39 is 15.6 Å². The molecule has 0 aliphatic heterocycles. The molecule has 24 heavy (non-hydrogen) atoms. The molecule has 6 nitrogen and oxygen atoms in total. The lowest BCUT2D eigenvalue weighted by Gasteiger charge is -2.03. The van der Waals surface area contributed by atoms with Crippen LogP contribution >= 0.6 is 0 Å². The number of fused-ring (bicyclic) bond motifs is 1. The molecule has 2 N–H and O–H groups in total. The Hall–Kier alpha value is -2.77. The van der Waals surface area contributed by atoms with E-state index in [1.807, 2.05) is 12.1 Å². The molecule has 7 heteroatoms. The number of benzene rings is 2. The van der Waals surface area contributed by atoms with Crippen molar-refractivity contribution in [2.45, 2.75) is 11.8 Å². The van der Waals surface area contributed by atoms with E-state index in [-0.39, 0.29) is 4.90 Å². The third kappa shape index (κ3) is 3.27. The zero-order chi connectivity index (χ0) is 17.3. The number of aliphatic imine (C=N–C) groups is 1. The van der Waals surface area contributed by atoms with Crippen LogP contribution in [-0.2, 0) is 10.0 Å². The average molecular weight is 342 g/mol. The summed E-state index contributed by atoms with van der Waals surface area (Å²) in [5, 5.41) is 5.85. The molecular formula is C17H14N2O4S. The minimum absolute atomic E-state index is 0.00400. The number of nitrogens with two attached hydrogens (primary N) is 1. The summed E-state index contributed by atoms with van der Waals surface area (Å²) in [6.45, 7) is 1.69. The summed E-state index contributed by atoms with van der Waals surface area (Å²) in [6, 6.07) is 14.7. The van der Waals surface area contributed by atoms with Crippen LogP contribution in [0, 0.1) is 0 Å². The summed E-state index contributed by atoms with van der Waals surface area (Å²) in [5.41, 5.74) is 1.36. The van der Waals surface area contributed by atoms with E-state index in [2.05, 4.69) is 4.99 Å². The number of hydrogen-bond donors (Lipinski definition) is 1. The third-order valence-electron chi connectivity index (χ3n) is 3.49. The van der Waals surface area contributed by atoms with Crippen molar-refractivity contribution in [2.75, 3.05) is 0 Å². The first-order valence-electron chi connectivity index (χ1n) is 7.06. The van der Waals surface area contributed by atoms with Gasteiger partial charge in [-0.05, 0) is 43.3 Å². The van der Waals surface area contributed by atoms with Crippen LogP contribution in [0.15, 0.2) is 73.7 Å². The summed E-state index contributed by atoms with van der Waals surface area (Å²) in [7, 11) is -3.74. The summed E-state index contributed by atoms with van der Waals surface area (Å²) in [5.74, 6) is 0. The molecule has 0 unspecified atom stereocenters. The Labute approximate surface area is 138 Å². The van der Waals surface area contributed by atoms with E-state index in [4.69, 9.17) is 9.56 Å². The van der Waals surface area contributed by atoms with Crippen molar-refractivity contribution < 1.29 is 12.8 Å². The predicted octanol–water partition coefficient (Wildman–Crippen LogP) is 2.58. The van der Waals surface area contributed by atoms with Crippen molar-refractivity contribution >= 4 is 32.4 Å². The van der Waals surface area contributed by atoms with Crippen molar-refractivity contribution in [1.82, 2.24) is 0 Å². The van der Waals surface area contributed by atoms with Gasteiger partial charge in [0, 0.05) is 5.39 Å². The van der Waals surface area contributed by atoms with Crippen LogP contribution in [0.5, 0.6) is 0 Å². The number of primary sulfonamides is 1. The number of sulfonamides is 1. The lowest BCUT2D eigenvalue weighted by Crippen LogP contribution is -2.12. The molecule has 0 aliphatic carbocycles. The van der Waals surface area contributed by atoms with Crippen LogP contribution in [-0.4, -0.2) is 14.1 Å². The normalized spacial score (nSPS) is 12.5. The van der Waals surface area contributed by atoms with Crippen LogP contribution in [0.25, 0.3) is 11.0 Å². The minimum atomic E-state index is -3.74. The number of nitrogens with zero attached hydrogens (tertiary/aromatic N) is 1. The number of hydrogen-bond acceptors (Lipinski definition) is 5. The molecule has 1 heterocycles. The molecule has 0 spiro atoms. The standard InChI is InChI=1S/C17H14N2O4S/c1-11(19-13-6-8-14(9-7-13)24(18,21)22)15-10-12-4-2-3-5-16(12)23-17(15)20/h2-10H,1H3,(H2,18,21,22). The average Bonchev–Trinajstić information content (AvgIpc) is 2.53. The summed E-state index contributed by atoms with van der Waals surface area (Å²) in [4.78, 5) is 16.5. The van der Waals surface area contributed by atoms with Crippen molar-refractivity contribution in [3.63, 3.8) is 0 Å². The van der Waals surface area contributed by atoms with E-state index >= 15 is 0 Å². The molecule has 3 rings (SSSR count). The second-order valence-electron chi connectivity index (χ2n) is 5.22. The monoisotopic (exact) mass is 342 g/mol. The van der Waals surface area contributed by atoms with Crippen molar-refractivity contribution in [2.24, 2.45) is 10.1 Å². The second kappa shape index (κ2) is 6.03. The highest BCUT2D eigenvalue weighted by atomic mass is 32.2. The second-order valence-corrected chi connectivity index (χ2v) is 6.78. The fourth-order valence-corrected chi connectivity index (χ4v) is 2.79. The van der Waals surface area contributed by atoms with Gasteiger partial charge in [-0.15, -0.1) is 0 Å². The van der Waals surface area contributed by atoms with E-state index in [1.165, 1.54) is 24.3 Å². The highest BCUT2D eigenvalue weighted by Gasteiger charge is 2.09. The molecule has 0 aliphatic rings. The third-order valence-corrected chi connectivity index (χ3v) is 4.42. The molecule has 1 aromatic heterocycles. The largest absolute Gasteiger partial charge is 0.422 e. The summed E-state index contributed by atoms with van der Waals surface area (Å²) < 4.78 is 27.8. The highest BCUT2D eigenvalue weighted by Crippen LogP contribution is 2.18. The van der Waals surface area contributed by atoms with Gasteiger partial charge in [0.2, 0.25) is 10.0 Å². The van der Waals surface area contributed by atoms with Gasteiger partial charge in [0.1, 0.15) is 5.58 Å². The van der Waals surface area contributed by atoms with E-state index in [0.29, 0.717) is 22.5 Å². The van der Waals surface area contributed by atoms with Gasteiger partial charge in [-0.25, -0.2) is 18.4 Å². The Morgan fingerprint density at radius 1 is 1.08 bits per heavy atom. The first kappa shape index (κ1) is 16.1. The van der Waals surface area contributed by atoms with E-state index in [0.717, 1.165) is 5.39 Å². The Kier molecular flexibility index (Phi) is 4.04. The van der Waals surface area contributed by atoms with Gasteiger partial charge in [0.05, 0.1) is 21.9 Å². The molecule has 0 atom stereocenters. The zero-order valence-electron chi connectivity index (χ0n) is 12.8. The minimum Gasteiger partial charge on any atom is -0.422 e. The highest BCUT2D eigenvalue weighted by molar-refractivity contribution is 7.89. The van der Waals surface area contributed by atoms with Crippen molar-refractivity contribution in [1.29, 1.82) is 0 Å². The molecule has 2 aromatic carbocycles. The van der Waals surface area contributed by atoms with Crippen LogP contribution < -0.4 is 10.8 Å². The maximum absolute atomic E-state index is 12.1. The molecule has 0 amide bonds. The molecule has 0 radical (unpaired) electrons. The van der Waals surface area contributed by atoms with Gasteiger partial charge in [-0.3, -0.25) is 4.99 Å². The van der Waals surface area contributed by atoms with Crippen LogP contribution in [0.1, 0.15) is 12.5 Å². The fourth-order valence-electron chi connectivity index (χ4n) is 2.28. The molecule has 3 aromatic rings. The number of rotatable bonds is 3. The lowest BCUT2D eigenvalue weighted by atomic mass is 10.1. The fraction of sp³-hybridized carbons (Fsp3) is 0.0588. The van der Waals surface area contributed by atoms with E-state index in [9.17, 15) is 13.2 Å². The molecule has 0 saturated heterocycles. The molecular weight excluding hydrogens is 328 g/mol. The Balaban J connectivity index is 2.02.